The van der Waals surface area contributed by atoms with E-state index in [0.717, 1.165) is 18.9 Å². The normalized spacial score (nSPS) is 19.6. The van der Waals surface area contributed by atoms with E-state index in [4.69, 9.17) is 14.6 Å². The van der Waals surface area contributed by atoms with E-state index in [1.165, 1.54) is 25.2 Å². The highest BCUT2D eigenvalue weighted by Crippen LogP contribution is 2.31. The van der Waals surface area contributed by atoms with Crippen molar-refractivity contribution in [3.05, 3.63) is 42.0 Å². The molecule has 25 heavy (non-hydrogen) atoms. The molecule has 3 N–H and O–H groups in total. The van der Waals surface area contributed by atoms with Crippen LogP contribution in [0.1, 0.15) is 19.2 Å². The van der Waals surface area contributed by atoms with Crippen LogP contribution >= 0.6 is 0 Å². The molecule has 0 saturated heterocycles. The second-order valence-electron chi connectivity index (χ2n) is 7.00. The van der Waals surface area contributed by atoms with Gasteiger partial charge in [0.15, 0.2) is 8.32 Å². The zero-order chi connectivity index (χ0) is 19.1. The highest BCUT2D eigenvalue weighted by Gasteiger charge is 2.34. The summed E-state index contributed by atoms with van der Waals surface area (Å²) in [5.74, 6) is -1.05. The molecule has 0 saturated carbocycles. The van der Waals surface area contributed by atoms with E-state index in [1.54, 1.807) is 6.20 Å². The maximum Gasteiger partial charge on any atom is 0.331 e. The van der Waals surface area contributed by atoms with Crippen LogP contribution in [0.2, 0.25) is 19.6 Å². The lowest BCUT2D eigenvalue weighted by molar-refractivity contribution is -0.145. The Balaban J connectivity index is 0.000000251. The fraction of sp³-hybridized carbons (Fsp3) is 0.471. The van der Waals surface area contributed by atoms with Gasteiger partial charge in [-0.25, -0.2) is 9.78 Å². The largest absolute Gasteiger partial charge is 0.481 e. The second kappa shape index (κ2) is 8.77. The number of imidazole rings is 1. The van der Waals surface area contributed by atoms with Gasteiger partial charge in [-0.15, -0.1) is 0 Å². The fourth-order valence-corrected chi connectivity index (χ4v) is 2.79. The molecule has 0 aliphatic heterocycles. The summed E-state index contributed by atoms with van der Waals surface area (Å²) < 4.78 is 5.68. The number of aromatic amines is 1. The van der Waals surface area contributed by atoms with Gasteiger partial charge in [-0.2, -0.15) is 0 Å². The molecule has 0 aromatic carbocycles. The third kappa shape index (κ3) is 7.49. The number of nitrogens with one attached hydrogen (secondary N) is 1. The van der Waals surface area contributed by atoms with Crippen LogP contribution in [0, 0.1) is 5.41 Å². The van der Waals surface area contributed by atoms with Crippen LogP contribution in [0.5, 0.6) is 0 Å². The van der Waals surface area contributed by atoms with Crippen LogP contribution in [0.25, 0.3) is 0 Å². The van der Waals surface area contributed by atoms with Crippen LogP contribution in [-0.2, 0) is 20.4 Å². The Labute approximate surface area is 148 Å². The monoisotopic (exact) mass is 366 g/mol. The minimum Gasteiger partial charge on any atom is -0.481 e. The molecule has 8 heteroatoms. The van der Waals surface area contributed by atoms with E-state index in [0.29, 0.717) is 0 Å². The molecule has 1 unspecified atom stereocenters. The number of rotatable bonds is 6. The molecule has 1 aromatic rings. The van der Waals surface area contributed by atoms with Crippen molar-refractivity contribution >= 4 is 20.3 Å². The number of carboxylic acids is 2. The summed E-state index contributed by atoms with van der Waals surface area (Å²) in [6.45, 7) is 8.85. The van der Waals surface area contributed by atoms with Crippen molar-refractivity contribution in [3.63, 3.8) is 0 Å². The Hall–Kier alpha value is -2.19. The van der Waals surface area contributed by atoms with Crippen molar-refractivity contribution < 1.29 is 24.2 Å². The van der Waals surface area contributed by atoms with E-state index >= 15 is 0 Å². The number of hydrogen-bond donors (Lipinski definition) is 3. The van der Waals surface area contributed by atoms with Gasteiger partial charge in [0.1, 0.15) is 5.82 Å². The molecular formula is C17H26N2O5Si. The van der Waals surface area contributed by atoms with Gasteiger partial charge in [0, 0.05) is 31.0 Å². The number of carboxylic acid groups (broad SMARTS) is 2. The molecule has 138 valence electrons. The summed E-state index contributed by atoms with van der Waals surface area (Å²) in [4.78, 5) is 28.5. The SMILES string of the molecule is CC1(C(=O)O)C=CC=C(C(=O)O)C1.C[Si](C)(C)OCCc1ncc[nH]1. The van der Waals surface area contributed by atoms with Gasteiger partial charge in [-0.1, -0.05) is 18.2 Å². The maximum atomic E-state index is 10.8. The molecule has 0 radical (unpaired) electrons. The summed E-state index contributed by atoms with van der Waals surface area (Å²) in [5, 5.41) is 17.5. The van der Waals surface area contributed by atoms with E-state index in [2.05, 4.69) is 29.6 Å². The first kappa shape index (κ1) is 20.9. The smallest absolute Gasteiger partial charge is 0.331 e. The lowest BCUT2D eigenvalue weighted by atomic mass is 9.80. The molecule has 0 bridgehead atoms. The first-order chi connectivity index (χ1) is 11.5. The average molecular weight is 366 g/mol. The lowest BCUT2D eigenvalue weighted by Gasteiger charge is -2.23. The number of carbonyl (C=O) groups is 2. The van der Waals surface area contributed by atoms with E-state index < -0.39 is 25.7 Å². The third-order valence-corrected chi connectivity index (χ3v) is 4.58. The van der Waals surface area contributed by atoms with Crippen LogP contribution < -0.4 is 0 Å². The molecule has 0 spiro atoms. The molecule has 1 aromatic heterocycles. The summed E-state index contributed by atoms with van der Waals surface area (Å²) in [5.41, 5.74) is -0.949. The summed E-state index contributed by atoms with van der Waals surface area (Å²) in [6.07, 6.45) is 8.93. The summed E-state index contributed by atoms with van der Waals surface area (Å²) in [6, 6.07) is 0. The van der Waals surface area contributed by atoms with Crippen molar-refractivity contribution in [1.82, 2.24) is 9.97 Å². The summed E-state index contributed by atoms with van der Waals surface area (Å²) >= 11 is 0. The Morgan fingerprint density at radius 2 is 2.04 bits per heavy atom. The highest BCUT2D eigenvalue weighted by atomic mass is 28.4. The maximum absolute atomic E-state index is 10.8. The molecule has 0 fully saturated rings. The van der Waals surface area contributed by atoms with E-state index in [9.17, 15) is 9.59 Å². The summed E-state index contributed by atoms with van der Waals surface area (Å²) in [7, 11) is -1.33. The number of nitrogens with zero attached hydrogens (tertiary/aromatic N) is 1. The van der Waals surface area contributed by atoms with Crippen LogP contribution in [0.3, 0.4) is 0 Å². The third-order valence-electron chi connectivity index (χ3n) is 3.51. The molecule has 7 nitrogen and oxygen atoms in total. The van der Waals surface area contributed by atoms with Gasteiger partial charge in [0.05, 0.1) is 5.41 Å². The van der Waals surface area contributed by atoms with E-state index in [1.807, 2.05) is 6.20 Å². The predicted octanol–water partition coefficient (Wildman–Crippen LogP) is 2.85. The zero-order valence-corrected chi connectivity index (χ0v) is 16.1. The van der Waals surface area contributed by atoms with Gasteiger partial charge in [0.2, 0.25) is 0 Å². The number of aromatic nitrogens is 2. The minimum absolute atomic E-state index is 0.0359. The van der Waals surface area contributed by atoms with Gasteiger partial charge in [-0.05, 0) is 33.0 Å². The van der Waals surface area contributed by atoms with Gasteiger partial charge >= 0.3 is 11.9 Å². The van der Waals surface area contributed by atoms with Gasteiger partial charge in [-0.3, -0.25) is 4.79 Å². The molecule has 0 amide bonds. The van der Waals surface area contributed by atoms with Crippen molar-refractivity contribution in [3.8, 4) is 0 Å². The average Bonchev–Trinajstić information content (AvgIpc) is 3.00. The second-order valence-corrected chi connectivity index (χ2v) is 11.5. The fourth-order valence-electron chi connectivity index (χ4n) is 2.07. The number of H-pyrrole nitrogens is 1. The van der Waals surface area contributed by atoms with Crippen molar-refractivity contribution in [2.45, 2.75) is 39.4 Å². The standard InChI is InChI=1S/C9H10O4.C8H16N2OSi/c1-9(8(12)13)4-2-3-6(5-9)7(10)11;1-12(2,3)11-7-4-8-9-5-6-10-8/h2-4H,5H2,1H3,(H,10,11)(H,12,13);5-6H,4,7H2,1-3H3,(H,9,10). The van der Waals surface area contributed by atoms with Crippen LogP contribution in [-0.4, -0.2) is 47.0 Å². The number of hydrogen-bond acceptors (Lipinski definition) is 4. The Morgan fingerprint density at radius 3 is 2.52 bits per heavy atom. The predicted molar refractivity (Wildman–Crippen MR) is 96.8 cm³/mol. The Kier molecular flexibility index (Phi) is 7.32. The van der Waals surface area contributed by atoms with Crippen molar-refractivity contribution in [2.75, 3.05) is 6.61 Å². The molecule has 2 rings (SSSR count). The Morgan fingerprint density at radius 1 is 1.36 bits per heavy atom. The van der Waals surface area contributed by atoms with Gasteiger partial charge in [0.25, 0.3) is 0 Å². The molecule has 1 heterocycles. The molecule has 1 aliphatic rings. The van der Waals surface area contributed by atoms with Crippen molar-refractivity contribution in [2.24, 2.45) is 5.41 Å². The quantitative estimate of drug-likeness (QED) is 0.667. The van der Waals surface area contributed by atoms with Gasteiger partial charge < -0.3 is 19.6 Å². The Bertz CT molecular complexity index is 646. The van der Waals surface area contributed by atoms with Crippen LogP contribution in [0.15, 0.2) is 36.2 Å². The molecule has 1 atom stereocenters. The van der Waals surface area contributed by atoms with Crippen molar-refractivity contribution in [1.29, 1.82) is 0 Å². The first-order valence-corrected chi connectivity index (χ1v) is 11.4. The lowest BCUT2D eigenvalue weighted by Crippen LogP contribution is -2.28. The first-order valence-electron chi connectivity index (χ1n) is 8.01. The van der Waals surface area contributed by atoms with Crippen LogP contribution in [0.4, 0.5) is 0 Å². The minimum atomic E-state index is -1.33. The molecular weight excluding hydrogens is 340 g/mol. The highest BCUT2D eigenvalue weighted by molar-refractivity contribution is 6.69. The van der Waals surface area contributed by atoms with E-state index in [-0.39, 0.29) is 12.0 Å². The molecule has 1 aliphatic carbocycles. The number of allylic oxidation sites excluding steroid dienone is 2. The zero-order valence-electron chi connectivity index (χ0n) is 15.1. The number of aliphatic carboxylic acids is 2. The topological polar surface area (TPSA) is 113 Å².